The van der Waals surface area contributed by atoms with Crippen LogP contribution in [0.1, 0.15) is 37.1 Å². The second kappa shape index (κ2) is 11.2. The van der Waals surface area contributed by atoms with Crippen molar-refractivity contribution < 1.29 is 17.9 Å². The smallest absolute Gasteiger partial charge is 0.161 e. The van der Waals surface area contributed by atoms with Gasteiger partial charge in [-0.25, -0.2) is 23.1 Å². The summed E-state index contributed by atoms with van der Waals surface area (Å²) in [6.45, 7) is 5.38. The van der Waals surface area contributed by atoms with Crippen molar-refractivity contribution in [2.45, 2.75) is 38.8 Å². The fraction of sp³-hybridized carbons (Fsp3) is 0.265. The molecule has 6 aromatic rings. The van der Waals surface area contributed by atoms with E-state index in [0.29, 0.717) is 58.0 Å². The Labute approximate surface area is 257 Å². The van der Waals surface area contributed by atoms with Crippen molar-refractivity contribution in [2.24, 2.45) is 5.73 Å². The lowest BCUT2D eigenvalue weighted by Gasteiger charge is -2.34. The number of nitrogens with zero attached hydrogens (tertiary/aromatic N) is 5. The first-order valence-electron chi connectivity index (χ1n) is 14.9. The molecule has 0 saturated carbocycles. The molecule has 0 spiro atoms. The molecule has 1 saturated heterocycles. The highest BCUT2D eigenvalue weighted by molar-refractivity contribution is 6.08. The van der Waals surface area contributed by atoms with Crippen molar-refractivity contribution in [1.29, 1.82) is 0 Å². The number of anilines is 1. The zero-order chi connectivity index (χ0) is 31.4. The second-order valence-corrected chi connectivity index (χ2v) is 11.7. The van der Waals surface area contributed by atoms with Crippen LogP contribution in [0.3, 0.4) is 0 Å². The number of aromatic amines is 1. The molecule has 5 heterocycles. The average Bonchev–Trinajstić information content (AvgIpc) is 3.62. The third-order valence-corrected chi connectivity index (χ3v) is 8.65. The molecule has 2 aromatic carbocycles. The minimum Gasteiger partial charge on any atom is -0.497 e. The van der Waals surface area contributed by atoms with Crippen LogP contribution in [0, 0.1) is 24.4 Å². The van der Waals surface area contributed by atoms with E-state index in [1.807, 2.05) is 42.9 Å². The second-order valence-electron chi connectivity index (χ2n) is 11.7. The lowest BCUT2D eigenvalue weighted by Crippen LogP contribution is -2.40. The number of imidazole rings is 1. The summed E-state index contributed by atoms with van der Waals surface area (Å²) in [5.41, 5.74) is 12.4. The SMILES string of the molecule is COc1cc(F)cc(-c2cnc3c(c(-c4nc5cc(F)c(F)cc5[nH]4)cn3C(C)c3ccc(C)cn3)c2N2CCC(N)CC2)c1. The van der Waals surface area contributed by atoms with Crippen LogP contribution in [0.15, 0.2) is 61.1 Å². The number of aryl methyl sites for hydroxylation is 1. The lowest BCUT2D eigenvalue weighted by atomic mass is 9.98. The monoisotopic (exact) mass is 611 g/mol. The molecule has 1 fully saturated rings. The van der Waals surface area contributed by atoms with Crippen molar-refractivity contribution in [3.05, 3.63) is 89.8 Å². The molecule has 3 N–H and O–H groups in total. The summed E-state index contributed by atoms with van der Waals surface area (Å²) >= 11 is 0. The molecule has 11 heteroatoms. The van der Waals surface area contributed by atoms with Crippen molar-refractivity contribution in [3.63, 3.8) is 0 Å². The van der Waals surface area contributed by atoms with Crippen LogP contribution in [0.5, 0.6) is 5.75 Å². The molecular formula is C34H32F3N7O. The van der Waals surface area contributed by atoms with Gasteiger partial charge >= 0.3 is 0 Å². The Morgan fingerprint density at radius 1 is 0.978 bits per heavy atom. The summed E-state index contributed by atoms with van der Waals surface area (Å²) in [6, 6.07) is 10.6. The van der Waals surface area contributed by atoms with Crippen molar-refractivity contribution >= 4 is 27.8 Å². The minimum atomic E-state index is -0.976. The van der Waals surface area contributed by atoms with E-state index < -0.39 is 17.5 Å². The van der Waals surface area contributed by atoms with Crippen molar-refractivity contribution in [1.82, 2.24) is 24.5 Å². The fourth-order valence-corrected chi connectivity index (χ4v) is 6.18. The molecule has 45 heavy (non-hydrogen) atoms. The number of piperidine rings is 1. The number of nitrogens with one attached hydrogen (secondary N) is 1. The van der Waals surface area contributed by atoms with Gasteiger partial charge in [-0.05, 0) is 56.0 Å². The van der Waals surface area contributed by atoms with E-state index in [0.717, 1.165) is 47.3 Å². The van der Waals surface area contributed by atoms with Gasteiger partial charge in [0, 0.05) is 67.0 Å². The van der Waals surface area contributed by atoms with E-state index in [-0.39, 0.29) is 12.1 Å². The normalized spacial score (nSPS) is 14.9. The van der Waals surface area contributed by atoms with Gasteiger partial charge in [0.1, 0.15) is 23.0 Å². The lowest BCUT2D eigenvalue weighted by molar-refractivity contribution is 0.411. The van der Waals surface area contributed by atoms with E-state index in [1.54, 1.807) is 12.3 Å². The predicted octanol–water partition coefficient (Wildman–Crippen LogP) is 6.91. The number of hydrogen-bond acceptors (Lipinski definition) is 6. The number of methoxy groups -OCH3 is 1. The first kappa shape index (κ1) is 28.8. The largest absolute Gasteiger partial charge is 0.497 e. The number of ether oxygens (including phenoxy) is 1. The summed E-state index contributed by atoms with van der Waals surface area (Å²) in [5.74, 6) is -1.57. The molecule has 8 nitrogen and oxygen atoms in total. The summed E-state index contributed by atoms with van der Waals surface area (Å²) in [4.78, 5) is 19.8. The van der Waals surface area contributed by atoms with Crippen LogP contribution in [0.25, 0.3) is 44.6 Å². The molecule has 1 unspecified atom stereocenters. The summed E-state index contributed by atoms with van der Waals surface area (Å²) in [5, 5.41) is 0.769. The van der Waals surface area contributed by atoms with E-state index in [1.165, 1.54) is 19.2 Å². The Morgan fingerprint density at radius 3 is 2.49 bits per heavy atom. The molecule has 1 atom stereocenters. The third kappa shape index (κ3) is 5.16. The molecular weight excluding hydrogens is 579 g/mol. The molecule has 1 aliphatic rings. The molecule has 4 aromatic heterocycles. The number of H-pyrrole nitrogens is 1. The van der Waals surface area contributed by atoms with Crippen LogP contribution >= 0.6 is 0 Å². The number of pyridine rings is 2. The Hall–Kier alpha value is -4.90. The average molecular weight is 612 g/mol. The third-order valence-electron chi connectivity index (χ3n) is 8.65. The molecule has 7 rings (SSSR count). The van der Waals surface area contributed by atoms with Gasteiger partial charge in [-0.15, -0.1) is 0 Å². The highest BCUT2D eigenvalue weighted by Crippen LogP contribution is 2.45. The first-order chi connectivity index (χ1) is 21.7. The van der Waals surface area contributed by atoms with Crippen LogP contribution < -0.4 is 15.4 Å². The number of nitrogens with two attached hydrogens (primary N) is 1. The van der Waals surface area contributed by atoms with E-state index >= 15 is 0 Å². The van der Waals surface area contributed by atoms with E-state index in [4.69, 9.17) is 20.4 Å². The maximum atomic E-state index is 14.9. The highest BCUT2D eigenvalue weighted by atomic mass is 19.2. The van der Waals surface area contributed by atoms with Crippen LogP contribution in [-0.2, 0) is 0 Å². The highest BCUT2D eigenvalue weighted by Gasteiger charge is 2.29. The van der Waals surface area contributed by atoms with Gasteiger partial charge < -0.3 is 24.9 Å². The molecule has 230 valence electrons. The van der Waals surface area contributed by atoms with Gasteiger partial charge in [-0.1, -0.05) is 6.07 Å². The van der Waals surface area contributed by atoms with Crippen LogP contribution in [0.2, 0.25) is 0 Å². The number of rotatable bonds is 6. The van der Waals surface area contributed by atoms with Gasteiger partial charge in [0.15, 0.2) is 11.6 Å². The van der Waals surface area contributed by atoms with E-state index in [9.17, 15) is 13.2 Å². The molecule has 0 amide bonds. The molecule has 0 bridgehead atoms. The maximum Gasteiger partial charge on any atom is 0.161 e. The topological polar surface area (TPSA) is 97.9 Å². The van der Waals surface area contributed by atoms with Gasteiger partial charge in [0.2, 0.25) is 0 Å². The number of hydrogen-bond donors (Lipinski definition) is 2. The molecule has 0 aliphatic carbocycles. The zero-order valence-corrected chi connectivity index (χ0v) is 25.1. The van der Waals surface area contributed by atoms with Gasteiger partial charge in [0.05, 0.1) is 41.0 Å². The van der Waals surface area contributed by atoms with Crippen molar-refractivity contribution in [3.8, 4) is 28.3 Å². The zero-order valence-electron chi connectivity index (χ0n) is 25.1. The minimum absolute atomic E-state index is 0.0770. The quantitative estimate of drug-likeness (QED) is 0.212. The Bertz CT molecular complexity index is 2010. The van der Waals surface area contributed by atoms with Crippen molar-refractivity contribution in [2.75, 3.05) is 25.1 Å². The van der Waals surface area contributed by atoms with Gasteiger partial charge in [-0.3, -0.25) is 4.98 Å². The predicted molar refractivity (Wildman–Crippen MR) is 169 cm³/mol. The van der Waals surface area contributed by atoms with Gasteiger partial charge in [-0.2, -0.15) is 0 Å². The van der Waals surface area contributed by atoms with E-state index in [2.05, 4.69) is 14.9 Å². The first-order valence-corrected chi connectivity index (χ1v) is 14.9. The van der Waals surface area contributed by atoms with Crippen LogP contribution in [0.4, 0.5) is 18.9 Å². The number of halogens is 3. The summed E-state index contributed by atoms with van der Waals surface area (Å²) in [7, 11) is 1.50. The Kier molecular flexibility index (Phi) is 7.20. The summed E-state index contributed by atoms with van der Waals surface area (Å²) < 4.78 is 50.7. The number of fused-ring (bicyclic) bond motifs is 2. The molecule has 1 aliphatic heterocycles. The standard InChI is InChI=1S/C34H32F3N7O/c1-18-4-5-28(39-15-18)19(2)44-17-25(33-41-29-13-26(36)27(37)14-30(29)42-33)31-32(43-8-6-22(38)7-9-43)24(16-40-34(31)44)20-10-21(35)12-23(11-20)45-3/h4-5,10-17,19,22H,6-9,38H2,1-3H3,(H,41,42). The van der Waals surface area contributed by atoms with Crippen LogP contribution in [-0.4, -0.2) is 50.7 Å². The summed E-state index contributed by atoms with van der Waals surface area (Å²) in [6.07, 6.45) is 7.09. The maximum absolute atomic E-state index is 14.9. The number of benzene rings is 2. The Balaban J connectivity index is 1.54. The molecule has 0 radical (unpaired) electrons. The fourth-order valence-electron chi connectivity index (χ4n) is 6.18. The Morgan fingerprint density at radius 2 is 1.76 bits per heavy atom. The van der Waals surface area contributed by atoms with Gasteiger partial charge in [0.25, 0.3) is 0 Å². The number of aromatic nitrogens is 5.